The van der Waals surface area contributed by atoms with Gasteiger partial charge in [-0.15, -0.1) is 23.1 Å². The standard InChI is InChI=1S/C11H13NO4S2/c13-8(6-18-9-2-1-5-17-9)12-11(10(14)15)3-4-16-7-11/h1-2,5H,3-4,6-7H2,(H,12,13)(H,14,15). The van der Waals surface area contributed by atoms with Gasteiger partial charge in [0, 0.05) is 13.0 Å². The first-order chi connectivity index (χ1) is 8.62. The highest BCUT2D eigenvalue weighted by molar-refractivity contribution is 8.01. The summed E-state index contributed by atoms with van der Waals surface area (Å²) in [4.78, 5) is 23.0. The second-order valence-corrected chi connectivity index (χ2v) is 6.18. The molecule has 0 radical (unpaired) electrons. The predicted molar refractivity (Wildman–Crippen MR) is 69.0 cm³/mol. The number of thiophene rings is 1. The van der Waals surface area contributed by atoms with Gasteiger partial charge in [0.2, 0.25) is 5.91 Å². The largest absolute Gasteiger partial charge is 0.479 e. The van der Waals surface area contributed by atoms with Gasteiger partial charge in [0.05, 0.1) is 16.6 Å². The Morgan fingerprint density at radius 1 is 1.61 bits per heavy atom. The van der Waals surface area contributed by atoms with Crippen LogP contribution in [-0.2, 0) is 14.3 Å². The van der Waals surface area contributed by atoms with Crippen LogP contribution >= 0.6 is 23.1 Å². The summed E-state index contributed by atoms with van der Waals surface area (Å²) in [6.45, 7) is 0.405. The Bertz CT molecular complexity index is 426. The number of hydrogen-bond acceptors (Lipinski definition) is 5. The molecule has 2 rings (SSSR count). The van der Waals surface area contributed by atoms with Crippen LogP contribution in [0, 0.1) is 0 Å². The number of carboxylic acids is 1. The van der Waals surface area contributed by atoms with E-state index in [2.05, 4.69) is 5.32 Å². The molecule has 0 bridgehead atoms. The van der Waals surface area contributed by atoms with Crippen molar-refractivity contribution in [1.82, 2.24) is 5.32 Å². The molecule has 1 saturated heterocycles. The van der Waals surface area contributed by atoms with Gasteiger partial charge < -0.3 is 15.2 Å². The van der Waals surface area contributed by atoms with Crippen molar-refractivity contribution in [2.75, 3.05) is 19.0 Å². The minimum Gasteiger partial charge on any atom is -0.479 e. The number of thioether (sulfide) groups is 1. The van der Waals surface area contributed by atoms with Crippen molar-refractivity contribution in [3.63, 3.8) is 0 Å². The molecule has 0 spiro atoms. The van der Waals surface area contributed by atoms with Crippen molar-refractivity contribution >= 4 is 35.0 Å². The maximum absolute atomic E-state index is 11.8. The van der Waals surface area contributed by atoms with E-state index in [1.807, 2.05) is 17.5 Å². The summed E-state index contributed by atoms with van der Waals surface area (Å²) in [6.07, 6.45) is 0.317. The normalized spacial score (nSPS) is 22.9. The van der Waals surface area contributed by atoms with Gasteiger partial charge >= 0.3 is 5.97 Å². The van der Waals surface area contributed by atoms with E-state index in [1.165, 1.54) is 11.8 Å². The zero-order valence-electron chi connectivity index (χ0n) is 9.55. The van der Waals surface area contributed by atoms with Crippen LogP contribution in [0.3, 0.4) is 0 Å². The molecule has 5 nitrogen and oxygen atoms in total. The zero-order chi connectivity index (χ0) is 13.0. The van der Waals surface area contributed by atoms with Gasteiger partial charge in [-0.3, -0.25) is 4.79 Å². The molecule has 7 heteroatoms. The number of ether oxygens (including phenoxy) is 1. The molecule has 2 N–H and O–H groups in total. The Hall–Kier alpha value is -1.05. The third-order valence-corrected chi connectivity index (χ3v) is 4.78. The molecular formula is C11H13NO4S2. The van der Waals surface area contributed by atoms with Crippen molar-refractivity contribution in [1.29, 1.82) is 0 Å². The number of amides is 1. The number of nitrogens with one attached hydrogen (secondary N) is 1. The minimum absolute atomic E-state index is 0.0394. The highest BCUT2D eigenvalue weighted by Crippen LogP contribution is 2.24. The molecule has 1 fully saturated rings. The van der Waals surface area contributed by atoms with Crippen molar-refractivity contribution in [3.05, 3.63) is 17.5 Å². The smallest absolute Gasteiger partial charge is 0.331 e. The van der Waals surface area contributed by atoms with E-state index in [1.54, 1.807) is 11.3 Å². The fraction of sp³-hybridized carbons (Fsp3) is 0.455. The third-order valence-electron chi connectivity index (χ3n) is 2.65. The molecule has 1 atom stereocenters. The summed E-state index contributed by atoms with van der Waals surface area (Å²) in [5.74, 6) is -1.09. The average Bonchev–Trinajstić information content (AvgIpc) is 2.97. The number of carbonyl (C=O) groups excluding carboxylic acids is 1. The van der Waals surface area contributed by atoms with Gasteiger partial charge in [-0.2, -0.15) is 0 Å². The van der Waals surface area contributed by atoms with E-state index < -0.39 is 11.5 Å². The summed E-state index contributed by atoms with van der Waals surface area (Å²) in [6, 6.07) is 3.84. The third kappa shape index (κ3) is 3.04. The summed E-state index contributed by atoms with van der Waals surface area (Å²) in [5, 5.41) is 13.7. The zero-order valence-corrected chi connectivity index (χ0v) is 11.2. The second kappa shape index (κ2) is 5.73. The Morgan fingerprint density at radius 2 is 2.44 bits per heavy atom. The van der Waals surface area contributed by atoms with E-state index >= 15 is 0 Å². The first-order valence-corrected chi connectivity index (χ1v) is 7.27. The van der Waals surface area contributed by atoms with Gasteiger partial charge in [-0.1, -0.05) is 6.07 Å². The maximum atomic E-state index is 11.8. The van der Waals surface area contributed by atoms with Crippen LogP contribution < -0.4 is 5.32 Å². The van der Waals surface area contributed by atoms with E-state index in [0.717, 1.165) is 4.21 Å². The molecule has 1 amide bonds. The molecule has 1 aliphatic rings. The highest BCUT2D eigenvalue weighted by atomic mass is 32.2. The van der Waals surface area contributed by atoms with E-state index in [-0.39, 0.29) is 18.3 Å². The van der Waals surface area contributed by atoms with Crippen molar-refractivity contribution in [3.8, 4) is 0 Å². The van der Waals surface area contributed by atoms with Crippen molar-refractivity contribution < 1.29 is 19.4 Å². The van der Waals surface area contributed by atoms with Crippen LogP contribution in [0.5, 0.6) is 0 Å². The molecule has 1 aromatic heterocycles. The molecule has 0 aliphatic carbocycles. The van der Waals surface area contributed by atoms with E-state index in [4.69, 9.17) is 9.84 Å². The Kier molecular flexibility index (Phi) is 4.26. The molecule has 0 saturated carbocycles. The SMILES string of the molecule is O=C(CSc1cccs1)NC1(C(=O)O)CCOC1. The summed E-state index contributed by atoms with van der Waals surface area (Å²) in [5.41, 5.74) is -1.24. The molecule has 2 heterocycles. The molecule has 0 aromatic carbocycles. The minimum atomic E-state index is -1.24. The highest BCUT2D eigenvalue weighted by Gasteiger charge is 2.43. The van der Waals surface area contributed by atoms with Crippen LogP contribution in [-0.4, -0.2) is 41.5 Å². The lowest BCUT2D eigenvalue weighted by molar-refractivity contribution is -0.147. The number of aliphatic carboxylic acids is 1. The van der Waals surface area contributed by atoms with Gasteiger partial charge in [0.15, 0.2) is 5.54 Å². The molecule has 1 aliphatic heterocycles. The van der Waals surface area contributed by atoms with Crippen LogP contribution in [0.2, 0.25) is 0 Å². The summed E-state index contributed by atoms with van der Waals surface area (Å²) < 4.78 is 6.11. The Labute approximate surface area is 113 Å². The summed E-state index contributed by atoms with van der Waals surface area (Å²) >= 11 is 2.96. The Morgan fingerprint density at radius 3 is 3.00 bits per heavy atom. The van der Waals surface area contributed by atoms with Crippen LogP contribution in [0.25, 0.3) is 0 Å². The van der Waals surface area contributed by atoms with Crippen molar-refractivity contribution in [2.45, 2.75) is 16.2 Å². The fourth-order valence-electron chi connectivity index (χ4n) is 1.67. The van der Waals surface area contributed by atoms with Gasteiger partial charge in [-0.05, 0) is 11.4 Å². The number of carbonyl (C=O) groups is 2. The van der Waals surface area contributed by atoms with Crippen molar-refractivity contribution in [2.24, 2.45) is 0 Å². The average molecular weight is 287 g/mol. The lowest BCUT2D eigenvalue weighted by atomic mass is 9.99. The maximum Gasteiger partial charge on any atom is 0.331 e. The predicted octanol–water partition coefficient (Wildman–Crippen LogP) is 1.20. The molecule has 98 valence electrons. The topological polar surface area (TPSA) is 75.6 Å². The monoisotopic (exact) mass is 287 g/mol. The fourth-order valence-corrected chi connectivity index (χ4v) is 3.26. The number of rotatable bonds is 5. The molecule has 1 aromatic rings. The number of hydrogen-bond donors (Lipinski definition) is 2. The van der Waals surface area contributed by atoms with Crippen LogP contribution in [0.15, 0.2) is 21.7 Å². The van der Waals surface area contributed by atoms with Crippen LogP contribution in [0.4, 0.5) is 0 Å². The second-order valence-electron chi connectivity index (χ2n) is 3.96. The molecule has 18 heavy (non-hydrogen) atoms. The Balaban J connectivity index is 1.88. The van der Waals surface area contributed by atoms with Gasteiger partial charge in [-0.25, -0.2) is 4.79 Å². The first kappa shape index (κ1) is 13.4. The first-order valence-electron chi connectivity index (χ1n) is 5.41. The molecule has 1 unspecified atom stereocenters. The lowest BCUT2D eigenvalue weighted by Crippen LogP contribution is -2.55. The quantitative estimate of drug-likeness (QED) is 0.796. The van der Waals surface area contributed by atoms with E-state index in [9.17, 15) is 9.59 Å². The van der Waals surface area contributed by atoms with Crippen LogP contribution in [0.1, 0.15) is 6.42 Å². The van der Waals surface area contributed by atoms with Gasteiger partial charge in [0.25, 0.3) is 0 Å². The summed E-state index contributed by atoms with van der Waals surface area (Å²) in [7, 11) is 0. The lowest BCUT2D eigenvalue weighted by Gasteiger charge is -2.23. The van der Waals surface area contributed by atoms with E-state index in [0.29, 0.717) is 13.0 Å². The van der Waals surface area contributed by atoms with Gasteiger partial charge in [0.1, 0.15) is 0 Å². The number of carboxylic acid groups (broad SMARTS) is 1. The molecular weight excluding hydrogens is 274 g/mol.